The van der Waals surface area contributed by atoms with Crippen LogP contribution in [-0.4, -0.2) is 23.9 Å². The number of aryl methyl sites for hydroxylation is 2. The summed E-state index contributed by atoms with van der Waals surface area (Å²) in [4.78, 5) is 29.7. The number of benzene rings is 2. The first-order chi connectivity index (χ1) is 13.5. The van der Waals surface area contributed by atoms with E-state index in [2.05, 4.69) is 15.6 Å². The van der Waals surface area contributed by atoms with Gasteiger partial charge in [0.15, 0.2) is 5.13 Å². The van der Waals surface area contributed by atoms with Crippen molar-refractivity contribution in [3.8, 4) is 17.0 Å². The Hall–Kier alpha value is -3.19. The molecule has 0 saturated heterocycles. The molecule has 0 fully saturated rings. The van der Waals surface area contributed by atoms with Crippen molar-refractivity contribution in [2.75, 3.05) is 17.7 Å². The number of carbonyl (C=O) groups is 2. The Labute approximate surface area is 166 Å². The molecule has 2 heterocycles. The molecule has 1 aliphatic rings. The molecule has 7 heteroatoms. The lowest BCUT2D eigenvalue weighted by Crippen LogP contribution is -2.20. The lowest BCUT2D eigenvalue weighted by atomic mass is 10.0. The molecule has 0 aliphatic carbocycles. The third kappa shape index (κ3) is 3.61. The fraction of sp³-hybridized carbons (Fsp3) is 0.190. The molecule has 0 radical (unpaired) electrons. The summed E-state index contributed by atoms with van der Waals surface area (Å²) in [6.07, 6.45) is 1.08. The van der Waals surface area contributed by atoms with Gasteiger partial charge < -0.3 is 10.1 Å². The summed E-state index contributed by atoms with van der Waals surface area (Å²) in [5.41, 5.74) is 4.12. The van der Waals surface area contributed by atoms with Crippen LogP contribution in [0.2, 0.25) is 0 Å². The van der Waals surface area contributed by atoms with E-state index in [1.54, 1.807) is 19.2 Å². The fourth-order valence-corrected chi connectivity index (χ4v) is 3.99. The summed E-state index contributed by atoms with van der Waals surface area (Å²) in [7, 11) is 1.63. The quantitative estimate of drug-likeness (QED) is 0.694. The van der Waals surface area contributed by atoms with Crippen molar-refractivity contribution in [1.82, 2.24) is 4.98 Å². The largest absolute Gasteiger partial charge is 0.497 e. The number of nitrogens with one attached hydrogen (secondary N) is 2. The molecular formula is C21H19N3O3S. The second kappa shape index (κ2) is 7.44. The van der Waals surface area contributed by atoms with Gasteiger partial charge in [-0.25, -0.2) is 4.98 Å². The Morgan fingerprint density at radius 2 is 1.96 bits per heavy atom. The van der Waals surface area contributed by atoms with Crippen LogP contribution in [0.15, 0.2) is 42.5 Å². The van der Waals surface area contributed by atoms with Gasteiger partial charge in [-0.15, -0.1) is 11.3 Å². The molecule has 0 saturated carbocycles. The number of fused-ring (bicyclic) bond motifs is 1. The van der Waals surface area contributed by atoms with Gasteiger partial charge >= 0.3 is 0 Å². The minimum atomic E-state index is -0.213. The number of hydrogen-bond acceptors (Lipinski definition) is 5. The zero-order chi connectivity index (χ0) is 19.7. The minimum Gasteiger partial charge on any atom is -0.497 e. The van der Waals surface area contributed by atoms with E-state index in [1.807, 2.05) is 37.3 Å². The molecule has 1 aliphatic heterocycles. The fourth-order valence-electron chi connectivity index (χ4n) is 3.16. The molecule has 2 amide bonds. The second-order valence-corrected chi connectivity index (χ2v) is 7.73. The highest BCUT2D eigenvalue weighted by molar-refractivity contribution is 7.16. The summed E-state index contributed by atoms with van der Waals surface area (Å²) in [6.45, 7) is 1.98. The van der Waals surface area contributed by atoms with Crippen molar-refractivity contribution < 1.29 is 14.3 Å². The maximum absolute atomic E-state index is 12.7. The number of aromatic nitrogens is 1. The van der Waals surface area contributed by atoms with Gasteiger partial charge in [0.2, 0.25) is 5.91 Å². The Bertz CT molecular complexity index is 1060. The van der Waals surface area contributed by atoms with Crippen LogP contribution in [0.3, 0.4) is 0 Å². The molecule has 6 nitrogen and oxygen atoms in total. The number of nitrogens with zero attached hydrogens (tertiary/aromatic N) is 1. The number of ether oxygens (including phenoxy) is 1. The van der Waals surface area contributed by atoms with Gasteiger partial charge in [0.25, 0.3) is 5.91 Å². The highest BCUT2D eigenvalue weighted by Gasteiger charge is 2.18. The van der Waals surface area contributed by atoms with Crippen molar-refractivity contribution in [3.05, 3.63) is 58.5 Å². The average molecular weight is 393 g/mol. The third-order valence-corrected chi connectivity index (χ3v) is 5.53. The maximum Gasteiger partial charge on any atom is 0.257 e. The van der Waals surface area contributed by atoms with Crippen molar-refractivity contribution in [1.29, 1.82) is 0 Å². The first-order valence-electron chi connectivity index (χ1n) is 8.89. The molecule has 3 aromatic rings. The van der Waals surface area contributed by atoms with Gasteiger partial charge in [-0.1, -0.05) is 0 Å². The molecule has 2 N–H and O–H groups in total. The Kier molecular flexibility index (Phi) is 4.83. The topological polar surface area (TPSA) is 80.3 Å². The van der Waals surface area contributed by atoms with Crippen LogP contribution in [0.5, 0.6) is 5.75 Å². The van der Waals surface area contributed by atoms with E-state index in [4.69, 9.17) is 4.74 Å². The Balaban J connectivity index is 1.53. The highest BCUT2D eigenvalue weighted by atomic mass is 32.1. The number of carbonyl (C=O) groups excluding carboxylic acids is 2. The summed E-state index contributed by atoms with van der Waals surface area (Å²) >= 11 is 1.44. The number of thiazole rings is 1. The monoisotopic (exact) mass is 393 g/mol. The van der Waals surface area contributed by atoms with Gasteiger partial charge in [0.1, 0.15) is 5.75 Å². The number of methoxy groups -OCH3 is 1. The van der Waals surface area contributed by atoms with Crippen LogP contribution in [0, 0.1) is 6.92 Å². The predicted octanol–water partition coefficient (Wildman–Crippen LogP) is 4.26. The summed E-state index contributed by atoms with van der Waals surface area (Å²) < 4.78 is 5.19. The zero-order valence-electron chi connectivity index (χ0n) is 15.5. The van der Waals surface area contributed by atoms with Crippen LogP contribution in [-0.2, 0) is 11.2 Å². The molecule has 0 bridgehead atoms. The summed E-state index contributed by atoms with van der Waals surface area (Å²) in [5.74, 6) is 0.581. The number of rotatable bonds is 4. The zero-order valence-corrected chi connectivity index (χ0v) is 16.4. The first-order valence-corrected chi connectivity index (χ1v) is 9.71. The van der Waals surface area contributed by atoms with Gasteiger partial charge in [0, 0.05) is 28.1 Å². The molecule has 0 unspecified atom stereocenters. The molecular weight excluding hydrogens is 374 g/mol. The molecule has 2 aromatic carbocycles. The molecule has 28 heavy (non-hydrogen) atoms. The summed E-state index contributed by atoms with van der Waals surface area (Å²) in [6, 6.07) is 13.0. The highest BCUT2D eigenvalue weighted by Crippen LogP contribution is 2.32. The van der Waals surface area contributed by atoms with Crippen LogP contribution < -0.4 is 15.4 Å². The molecule has 0 spiro atoms. The smallest absolute Gasteiger partial charge is 0.257 e. The van der Waals surface area contributed by atoms with E-state index in [9.17, 15) is 9.59 Å². The van der Waals surface area contributed by atoms with Gasteiger partial charge in [-0.2, -0.15) is 0 Å². The SMILES string of the molecule is COc1ccc(-c2nc(NC(=O)c3ccc4c(c3)CCC(=O)N4)sc2C)cc1. The molecule has 4 rings (SSSR count). The summed E-state index contributed by atoms with van der Waals surface area (Å²) in [5, 5.41) is 6.26. The number of hydrogen-bond donors (Lipinski definition) is 2. The first kappa shape index (κ1) is 18.2. The standard InChI is InChI=1S/C21H19N3O3S/c1-12-19(13-3-7-16(27-2)8-4-13)23-21(28-12)24-20(26)15-5-9-17-14(11-15)6-10-18(25)22-17/h3-5,7-9,11H,6,10H2,1-2H3,(H,22,25)(H,23,24,26). The van der Waals surface area contributed by atoms with E-state index in [1.165, 1.54) is 11.3 Å². The third-order valence-electron chi connectivity index (χ3n) is 4.64. The van der Waals surface area contributed by atoms with E-state index >= 15 is 0 Å². The van der Waals surface area contributed by atoms with Crippen LogP contribution in [0.4, 0.5) is 10.8 Å². The molecule has 142 valence electrons. The molecule has 0 atom stereocenters. The van der Waals surface area contributed by atoms with E-state index < -0.39 is 0 Å². The molecule has 1 aromatic heterocycles. The Morgan fingerprint density at radius 1 is 1.18 bits per heavy atom. The van der Waals surface area contributed by atoms with Crippen molar-refractivity contribution in [3.63, 3.8) is 0 Å². The van der Waals surface area contributed by atoms with E-state index in [0.29, 0.717) is 23.5 Å². The lowest BCUT2D eigenvalue weighted by molar-refractivity contribution is -0.116. The number of anilines is 2. The average Bonchev–Trinajstić information content (AvgIpc) is 3.07. The van der Waals surface area contributed by atoms with E-state index in [0.717, 1.165) is 33.1 Å². The number of amides is 2. The predicted molar refractivity (Wildman–Crippen MR) is 110 cm³/mol. The second-order valence-electron chi connectivity index (χ2n) is 6.53. The maximum atomic E-state index is 12.7. The van der Waals surface area contributed by atoms with Crippen LogP contribution in [0.25, 0.3) is 11.3 Å². The van der Waals surface area contributed by atoms with Crippen molar-refractivity contribution >= 4 is 34.0 Å². The van der Waals surface area contributed by atoms with Crippen LogP contribution in [0.1, 0.15) is 27.2 Å². The normalized spacial score (nSPS) is 12.9. The van der Waals surface area contributed by atoms with Crippen molar-refractivity contribution in [2.24, 2.45) is 0 Å². The van der Waals surface area contributed by atoms with Crippen LogP contribution >= 0.6 is 11.3 Å². The van der Waals surface area contributed by atoms with Crippen molar-refractivity contribution in [2.45, 2.75) is 19.8 Å². The van der Waals surface area contributed by atoms with Gasteiger partial charge in [-0.05, 0) is 61.4 Å². The van der Waals surface area contributed by atoms with E-state index in [-0.39, 0.29) is 11.8 Å². The Morgan fingerprint density at radius 3 is 2.71 bits per heavy atom. The van der Waals surface area contributed by atoms with Gasteiger partial charge in [-0.3, -0.25) is 14.9 Å². The lowest BCUT2D eigenvalue weighted by Gasteiger charge is -2.17. The van der Waals surface area contributed by atoms with Gasteiger partial charge in [0.05, 0.1) is 12.8 Å². The minimum absolute atomic E-state index is 0.00836.